The molecule has 1 N–H and O–H groups in total. The van der Waals surface area contributed by atoms with Gasteiger partial charge in [0.25, 0.3) is 0 Å². The molecule has 3 heterocycles. The first-order valence-electron chi connectivity index (χ1n) is 12.1. The molecule has 7 rings (SSSR count). The third kappa shape index (κ3) is 3.93. The molecule has 2 saturated carbocycles. The summed E-state index contributed by atoms with van der Waals surface area (Å²) in [5.41, 5.74) is 2.49. The molecule has 0 spiro atoms. The Kier molecular flexibility index (Phi) is 5.36. The van der Waals surface area contributed by atoms with Gasteiger partial charge in [0.05, 0.1) is 20.3 Å². The quantitative estimate of drug-likeness (QED) is 0.267. The lowest BCUT2D eigenvalue weighted by Gasteiger charge is -2.17. The third-order valence-electron chi connectivity index (χ3n) is 7.60. The summed E-state index contributed by atoms with van der Waals surface area (Å²) in [6, 6.07) is 7.94. The van der Waals surface area contributed by atoms with Gasteiger partial charge in [-0.25, -0.2) is 14.2 Å². The predicted octanol–water partition coefficient (Wildman–Crippen LogP) is 7.37. The molecule has 188 valence electrons. The number of allylic oxidation sites excluding steroid dienone is 1. The van der Waals surface area contributed by atoms with Crippen molar-refractivity contribution in [1.82, 2.24) is 10.1 Å². The van der Waals surface area contributed by atoms with E-state index < -0.39 is 11.8 Å². The van der Waals surface area contributed by atoms with Gasteiger partial charge in [-0.05, 0) is 54.9 Å². The first kappa shape index (κ1) is 23.2. The minimum Gasteiger partial charge on any atom is -0.478 e. The third-order valence-corrected chi connectivity index (χ3v) is 9.30. The first-order valence-corrected chi connectivity index (χ1v) is 13.7. The zero-order chi connectivity index (χ0) is 25.4. The van der Waals surface area contributed by atoms with Crippen molar-refractivity contribution in [3.63, 3.8) is 0 Å². The maximum Gasteiger partial charge on any atom is 0.335 e. The number of anilines is 1. The second-order valence-corrected chi connectivity index (χ2v) is 11.8. The Hall–Kier alpha value is -2.94. The lowest BCUT2D eigenvalue weighted by molar-refractivity contribution is 0.0696. The number of rotatable bonds is 6. The fourth-order valence-corrected chi connectivity index (χ4v) is 7.09. The lowest BCUT2D eigenvalue weighted by atomic mass is 10.0. The lowest BCUT2D eigenvalue weighted by Crippen LogP contribution is -2.23. The topological polar surface area (TPSA) is 79.5 Å². The highest BCUT2D eigenvalue weighted by molar-refractivity contribution is 7.22. The normalized spacial score (nSPS) is 22.8. The van der Waals surface area contributed by atoms with Crippen molar-refractivity contribution in [3.8, 4) is 11.3 Å². The van der Waals surface area contributed by atoms with Crippen LogP contribution in [0.3, 0.4) is 0 Å². The van der Waals surface area contributed by atoms with E-state index in [4.69, 9.17) is 27.7 Å². The number of hydrogen-bond acceptors (Lipinski definition) is 6. The molecule has 0 radical (unpaired) electrons. The molecular formula is C27H20Cl2FN3O3S. The molecule has 3 fully saturated rings. The van der Waals surface area contributed by atoms with E-state index in [2.05, 4.69) is 27.2 Å². The van der Waals surface area contributed by atoms with Gasteiger partial charge in [-0.15, -0.1) is 0 Å². The van der Waals surface area contributed by atoms with Gasteiger partial charge in [0.15, 0.2) is 10.9 Å². The number of piperidine rings is 1. The summed E-state index contributed by atoms with van der Waals surface area (Å²) in [4.78, 5) is 17.9. The number of nitrogens with zero attached hydrogens (tertiary/aromatic N) is 3. The van der Waals surface area contributed by atoms with E-state index in [1.807, 2.05) is 6.07 Å². The Bertz CT molecular complexity index is 1580. The molecule has 2 aromatic carbocycles. The predicted molar refractivity (Wildman–Crippen MR) is 142 cm³/mol. The van der Waals surface area contributed by atoms with Gasteiger partial charge >= 0.3 is 5.97 Å². The average molecular weight is 556 g/mol. The fourth-order valence-electron chi connectivity index (χ4n) is 5.47. The zero-order valence-electron chi connectivity index (χ0n) is 19.3. The molecule has 37 heavy (non-hydrogen) atoms. The highest BCUT2D eigenvalue weighted by atomic mass is 35.5. The molecule has 2 aliphatic carbocycles. The Morgan fingerprint density at radius 2 is 1.92 bits per heavy atom. The molecule has 6 nitrogen and oxygen atoms in total. The van der Waals surface area contributed by atoms with Crippen LogP contribution in [0.5, 0.6) is 0 Å². The number of aromatic nitrogens is 2. The molecular weight excluding hydrogens is 536 g/mol. The molecule has 2 atom stereocenters. The number of carboxylic acids is 1. The molecule has 2 unspecified atom stereocenters. The van der Waals surface area contributed by atoms with Crippen molar-refractivity contribution < 1.29 is 18.8 Å². The minimum atomic E-state index is -1.15. The minimum absolute atomic E-state index is 0.0635. The average Bonchev–Trinajstić information content (AvgIpc) is 3.62. The summed E-state index contributed by atoms with van der Waals surface area (Å²) in [7, 11) is 0. The summed E-state index contributed by atoms with van der Waals surface area (Å²) in [5, 5.41) is 15.4. The van der Waals surface area contributed by atoms with Crippen LogP contribution < -0.4 is 4.90 Å². The van der Waals surface area contributed by atoms with Crippen LogP contribution in [0.4, 0.5) is 9.52 Å². The van der Waals surface area contributed by atoms with Gasteiger partial charge < -0.3 is 14.5 Å². The Morgan fingerprint density at radius 1 is 1.19 bits per heavy atom. The van der Waals surface area contributed by atoms with Crippen LogP contribution in [0, 0.1) is 23.6 Å². The summed E-state index contributed by atoms with van der Waals surface area (Å²) >= 11 is 14.3. The van der Waals surface area contributed by atoms with Gasteiger partial charge in [-0.1, -0.05) is 57.9 Å². The number of halogens is 3. The molecule has 0 amide bonds. The molecule has 4 aromatic rings. The number of hydrogen-bond donors (Lipinski definition) is 1. The van der Waals surface area contributed by atoms with Crippen molar-refractivity contribution >= 4 is 61.9 Å². The Balaban J connectivity index is 1.11. The van der Waals surface area contributed by atoms with E-state index in [0.717, 1.165) is 48.5 Å². The molecule has 3 aliphatic rings. The van der Waals surface area contributed by atoms with Crippen LogP contribution in [0.1, 0.15) is 40.4 Å². The number of thiazole rings is 1. The van der Waals surface area contributed by atoms with Gasteiger partial charge in [-0.3, -0.25) is 0 Å². The van der Waals surface area contributed by atoms with E-state index in [0.29, 0.717) is 49.7 Å². The summed E-state index contributed by atoms with van der Waals surface area (Å²) < 4.78 is 20.7. The highest BCUT2D eigenvalue weighted by Crippen LogP contribution is 2.55. The second-order valence-electron chi connectivity index (χ2n) is 9.96. The number of carbonyl (C=O) groups is 1. The number of aromatic carboxylic acids is 1. The van der Waals surface area contributed by atoms with Gasteiger partial charge in [-0.2, -0.15) is 0 Å². The molecule has 1 saturated heterocycles. The van der Waals surface area contributed by atoms with Gasteiger partial charge in [0.1, 0.15) is 17.0 Å². The maximum atomic E-state index is 14.4. The maximum absolute atomic E-state index is 14.4. The largest absolute Gasteiger partial charge is 0.478 e. The van der Waals surface area contributed by atoms with E-state index >= 15 is 0 Å². The van der Waals surface area contributed by atoms with E-state index in [-0.39, 0.29) is 11.1 Å². The SMILES string of the molecule is O=C(O)c1cc(F)c2nc(N3CC4C(/C=C/c5c(-c6c(Cl)cccc6Cl)noc5C5CC5)C4C3)sc2c1. The summed E-state index contributed by atoms with van der Waals surface area (Å²) in [6.07, 6.45) is 6.54. The molecule has 10 heteroatoms. The van der Waals surface area contributed by atoms with Crippen molar-refractivity contribution in [2.24, 2.45) is 17.8 Å². The smallest absolute Gasteiger partial charge is 0.335 e. The van der Waals surface area contributed by atoms with Crippen molar-refractivity contribution in [1.29, 1.82) is 0 Å². The fraction of sp³-hybridized carbons (Fsp3) is 0.296. The van der Waals surface area contributed by atoms with Crippen LogP contribution in [0.25, 0.3) is 27.6 Å². The van der Waals surface area contributed by atoms with E-state index in [1.165, 1.54) is 17.4 Å². The zero-order valence-corrected chi connectivity index (χ0v) is 21.7. The highest BCUT2D eigenvalue weighted by Gasteiger charge is 2.54. The van der Waals surface area contributed by atoms with E-state index in [1.54, 1.807) is 12.1 Å². The van der Waals surface area contributed by atoms with Crippen LogP contribution in [0.15, 0.2) is 40.9 Å². The number of benzene rings is 2. The Morgan fingerprint density at radius 3 is 2.59 bits per heavy atom. The van der Waals surface area contributed by atoms with E-state index in [9.17, 15) is 14.3 Å². The number of fused-ring (bicyclic) bond motifs is 2. The van der Waals surface area contributed by atoms with Crippen LogP contribution in [-0.2, 0) is 0 Å². The van der Waals surface area contributed by atoms with Gasteiger partial charge in [0, 0.05) is 30.1 Å². The second kappa shape index (κ2) is 8.55. The van der Waals surface area contributed by atoms with Crippen molar-refractivity contribution in [2.45, 2.75) is 18.8 Å². The van der Waals surface area contributed by atoms with Crippen LogP contribution >= 0.6 is 34.5 Å². The molecule has 1 aliphatic heterocycles. The first-order chi connectivity index (χ1) is 17.9. The van der Waals surface area contributed by atoms with Gasteiger partial charge in [0.2, 0.25) is 0 Å². The van der Waals surface area contributed by atoms with Crippen molar-refractivity contribution in [2.75, 3.05) is 18.0 Å². The van der Waals surface area contributed by atoms with Crippen LogP contribution in [0.2, 0.25) is 10.0 Å². The standard InChI is InChI=1S/C27H20Cl2FN3O3S/c28-18-2-1-3-19(29)22(18)23-15(25(36-32-23)12-4-5-12)7-6-14-16-10-33(11-17(14)16)27-31-24-20(30)8-13(26(34)35)9-21(24)37-27/h1-3,6-9,12,14,16-17H,4-5,10-11H2,(H,34,35)/b7-6+. The van der Waals surface area contributed by atoms with Crippen molar-refractivity contribution in [3.05, 3.63) is 69.2 Å². The summed E-state index contributed by atoms with van der Waals surface area (Å²) in [5.74, 6) is 0.933. The molecule has 2 aromatic heterocycles. The van der Waals surface area contributed by atoms with Crippen LogP contribution in [-0.4, -0.2) is 34.3 Å². The summed E-state index contributed by atoms with van der Waals surface area (Å²) in [6.45, 7) is 1.66. The molecule has 0 bridgehead atoms. The monoisotopic (exact) mass is 555 g/mol. The number of carboxylic acid groups (broad SMARTS) is 1. The Labute approximate surface area is 225 Å².